The zero-order chi connectivity index (χ0) is 8.15. The van der Waals surface area contributed by atoms with Crippen LogP contribution in [0.2, 0.25) is 0 Å². The molecule has 0 saturated carbocycles. The molecule has 0 aliphatic rings. The molecule has 10 heavy (non-hydrogen) atoms. The van der Waals surface area contributed by atoms with Crippen molar-refractivity contribution in [2.24, 2.45) is 0 Å². The van der Waals surface area contributed by atoms with E-state index in [4.69, 9.17) is 14.6 Å². The second-order valence-corrected chi connectivity index (χ2v) is 2.05. The second kappa shape index (κ2) is 4.17. The lowest BCUT2D eigenvalue weighted by molar-refractivity contribution is 0.0809. The van der Waals surface area contributed by atoms with Crippen molar-refractivity contribution in [2.45, 2.75) is 20.0 Å². The van der Waals surface area contributed by atoms with Crippen molar-refractivity contribution in [1.29, 1.82) is 0 Å². The summed E-state index contributed by atoms with van der Waals surface area (Å²) in [5, 5.41) is 9.04. The molecule has 1 atom stereocenters. The summed E-state index contributed by atoms with van der Waals surface area (Å²) in [6, 6.07) is 0. The minimum atomic E-state index is -0.519. The van der Waals surface area contributed by atoms with Crippen LogP contribution in [0.3, 0.4) is 0 Å². The van der Waals surface area contributed by atoms with Crippen molar-refractivity contribution in [2.75, 3.05) is 14.2 Å². The van der Waals surface area contributed by atoms with E-state index >= 15 is 0 Å². The Kier molecular flexibility index (Phi) is 3.88. The molecule has 0 aromatic heterocycles. The number of aliphatic hydroxyl groups excluding tert-OH is 1. The molecule has 0 spiro atoms. The van der Waals surface area contributed by atoms with E-state index in [-0.39, 0.29) is 0 Å². The number of hydrogen-bond acceptors (Lipinski definition) is 3. The number of rotatable bonds is 3. The Morgan fingerprint density at radius 1 is 1.30 bits per heavy atom. The Bertz CT molecular complexity index is 121. The molecule has 60 valence electrons. The molecule has 3 nitrogen and oxygen atoms in total. The van der Waals surface area contributed by atoms with Gasteiger partial charge in [0.2, 0.25) is 0 Å². The fourth-order valence-corrected chi connectivity index (χ4v) is 0.576. The van der Waals surface area contributed by atoms with Crippen molar-refractivity contribution >= 4 is 0 Å². The highest BCUT2D eigenvalue weighted by Crippen LogP contribution is 2.08. The normalized spacial score (nSPS) is 12.1. The Morgan fingerprint density at radius 2 is 1.70 bits per heavy atom. The molecule has 0 aliphatic carbocycles. The molecule has 0 heterocycles. The monoisotopic (exact) mass is 146 g/mol. The van der Waals surface area contributed by atoms with Crippen LogP contribution in [0.1, 0.15) is 13.8 Å². The second-order valence-electron chi connectivity index (χ2n) is 2.05. The fraction of sp³-hybridized carbons (Fsp3) is 0.714. The summed E-state index contributed by atoms with van der Waals surface area (Å²) in [4.78, 5) is 0. The van der Waals surface area contributed by atoms with Crippen molar-refractivity contribution in [3.05, 3.63) is 11.5 Å². The van der Waals surface area contributed by atoms with Crippen LogP contribution in [-0.4, -0.2) is 25.4 Å². The molecule has 0 aliphatic heterocycles. The van der Waals surface area contributed by atoms with Gasteiger partial charge in [-0.05, 0) is 13.8 Å². The lowest BCUT2D eigenvalue weighted by Crippen LogP contribution is -2.07. The lowest BCUT2D eigenvalue weighted by Gasteiger charge is -2.10. The maximum Gasteiger partial charge on any atom is 0.280 e. The van der Waals surface area contributed by atoms with Gasteiger partial charge in [-0.15, -0.1) is 0 Å². The van der Waals surface area contributed by atoms with Gasteiger partial charge in [0.05, 0.1) is 20.3 Å². The maximum absolute atomic E-state index is 9.04. The van der Waals surface area contributed by atoms with Gasteiger partial charge in [-0.2, -0.15) is 0 Å². The largest absolute Gasteiger partial charge is 0.469 e. The van der Waals surface area contributed by atoms with Crippen molar-refractivity contribution in [1.82, 2.24) is 0 Å². The van der Waals surface area contributed by atoms with E-state index in [2.05, 4.69) is 0 Å². The zero-order valence-electron chi connectivity index (χ0n) is 6.84. The van der Waals surface area contributed by atoms with Crippen LogP contribution in [0.5, 0.6) is 0 Å². The highest BCUT2D eigenvalue weighted by atomic mass is 16.7. The molecular weight excluding hydrogens is 132 g/mol. The predicted molar refractivity (Wildman–Crippen MR) is 38.4 cm³/mol. The summed E-state index contributed by atoms with van der Waals surface area (Å²) in [5.41, 5.74) is 0.699. The molecule has 0 amide bonds. The highest BCUT2D eigenvalue weighted by molar-refractivity contribution is 5.04. The predicted octanol–water partition coefficient (Wildman–Crippen LogP) is 0.891. The van der Waals surface area contributed by atoms with Gasteiger partial charge in [-0.1, -0.05) is 0 Å². The average molecular weight is 146 g/mol. The fourth-order valence-electron chi connectivity index (χ4n) is 0.576. The van der Waals surface area contributed by atoms with Gasteiger partial charge in [-0.3, -0.25) is 0 Å². The van der Waals surface area contributed by atoms with Crippen molar-refractivity contribution in [3.8, 4) is 0 Å². The molecule has 0 bridgehead atoms. The van der Waals surface area contributed by atoms with E-state index < -0.39 is 6.10 Å². The van der Waals surface area contributed by atoms with Crippen LogP contribution in [0.25, 0.3) is 0 Å². The van der Waals surface area contributed by atoms with Gasteiger partial charge in [0, 0.05) is 5.57 Å². The first-order valence-electron chi connectivity index (χ1n) is 3.10. The van der Waals surface area contributed by atoms with Crippen LogP contribution < -0.4 is 0 Å². The molecular formula is C7H14O3. The molecule has 1 unspecified atom stereocenters. The van der Waals surface area contributed by atoms with Crippen LogP contribution in [-0.2, 0) is 9.47 Å². The van der Waals surface area contributed by atoms with Crippen LogP contribution in [0, 0.1) is 0 Å². The van der Waals surface area contributed by atoms with Gasteiger partial charge in [0.25, 0.3) is 5.95 Å². The van der Waals surface area contributed by atoms with Crippen molar-refractivity contribution in [3.63, 3.8) is 0 Å². The number of ether oxygens (including phenoxy) is 2. The maximum atomic E-state index is 9.04. The topological polar surface area (TPSA) is 38.7 Å². The summed E-state index contributed by atoms with van der Waals surface area (Å²) in [6.45, 7) is 3.42. The van der Waals surface area contributed by atoms with E-state index in [1.165, 1.54) is 14.2 Å². The van der Waals surface area contributed by atoms with E-state index in [0.717, 1.165) is 0 Å². The molecule has 0 rings (SSSR count). The van der Waals surface area contributed by atoms with Gasteiger partial charge in [0.15, 0.2) is 0 Å². The molecule has 3 heteroatoms. The molecule has 0 aromatic carbocycles. The standard InChI is InChI=1S/C7H14O3/c1-5(6(2)8)7(9-3)10-4/h6,8H,1-4H3. The molecule has 0 aromatic rings. The van der Waals surface area contributed by atoms with Gasteiger partial charge in [0.1, 0.15) is 0 Å². The van der Waals surface area contributed by atoms with Crippen molar-refractivity contribution < 1.29 is 14.6 Å². The van der Waals surface area contributed by atoms with Gasteiger partial charge in [-0.25, -0.2) is 0 Å². The van der Waals surface area contributed by atoms with E-state index in [1.807, 2.05) is 0 Å². The van der Waals surface area contributed by atoms with E-state index in [9.17, 15) is 0 Å². The smallest absolute Gasteiger partial charge is 0.280 e. The van der Waals surface area contributed by atoms with Gasteiger partial charge < -0.3 is 14.6 Å². The summed E-state index contributed by atoms with van der Waals surface area (Å²) >= 11 is 0. The summed E-state index contributed by atoms with van der Waals surface area (Å²) < 4.78 is 9.64. The third kappa shape index (κ3) is 2.27. The Hall–Kier alpha value is -0.700. The average Bonchev–Trinajstić information content (AvgIpc) is 1.90. The summed E-state index contributed by atoms with van der Waals surface area (Å²) in [6.07, 6.45) is -0.519. The minimum Gasteiger partial charge on any atom is -0.469 e. The van der Waals surface area contributed by atoms with Gasteiger partial charge >= 0.3 is 0 Å². The van der Waals surface area contributed by atoms with Crippen LogP contribution in [0.15, 0.2) is 11.5 Å². The van der Waals surface area contributed by atoms with E-state index in [1.54, 1.807) is 13.8 Å². The third-order valence-electron chi connectivity index (χ3n) is 1.32. The van der Waals surface area contributed by atoms with Crippen LogP contribution in [0.4, 0.5) is 0 Å². The zero-order valence-corrected chi connectivity index (χ0v) is 6.84. The third-order valence-corrected chi connectivity index (χ3v) is 1.32. The Balaban J connectivity index is 4.27. The molecule has 0 radical (unpaired) electrons. The van der Waals surface area contributed by atoms with E-state index in [0.29, 0.717) is 11.5 Å². The number of methoxy groups -OCH3 is 2. The Morgan fingerprint density at radius 3 is 1.80 bits per heavy atom. The molecule has 0 fully saturated rings. The highest BCUT2D eigenvalue weighted by Gasteiger charge is 2.06. The summed E-state index contributed by atoms with van der Waals surface area (Å²) in [5.74, 6) is 0.384. The lowest BCUT2D eigenvalue weighted by atomic mass is 10.2. The Labute approximate surface area is 61.3 Å². The molecule has 0 saturated heterocycles. The first-order valence-corrected chi connectivity index (χ1v) is 3.10. The quantitative estimate of drug-likeness (QED) is 0.601. The first kappa shape index (κ1) is 9.30. The van der Waals surface area contributed by atoms with Crippen LogP contribution >= 0.6 is 0 Å². The minimum absolute atomic E-state index is 0.384. The SMILES string of the molecule is COC(OC)=C(C)C(C)O. The first-order chi connectivity index (χ1) is 4.63. The summed E-state index contributed by atoms with van der Waals surface area (Å²) in [7, 11) is 3.01. The number of hydrogen-bond donors (Lipinski definition) is 1. The number of aliphatic hydroxyl groups is 1. The molecule has 1 N–H and O–H groups in total.